The van der Waals surface area contributed by atoms with Gasteiger partial charge in [-0.1, -0.05) is 49.0 Å². The van der Waals surface area contributed by atoms with Gasteiger partial charge in [-0.2, -0.15) is 0 Å². The highest BCUT2D eigenvalue weighted by Gasteiger charge is 2.03. The van der Waals surface area contributed by atoms with E-state index in [0.29, 0.717) is 0 Å². The van der Waals surface area contributed by atoms with E-state index >= 15 is 0 Å². The minimum Gasteiger partial charge on any atom is -0.497 e. The van der Waals surface area contributed by atoms with Gasteiger partial charge in [0.2, 0.25) is 0 Å². The van der Waals surface area contributed by atoms with Crippen LogP contribution >= 0.6 is 0 Å². The highest BCUT2D eigenvalue weighted by molar-refractivity contribution is 5.79. The van der Waals surface area contributed by atoms with E-state index in [1.165, 1.54) is 0 Å². The third kappa shape index (κ3) is 2.47. The van der Waals surface area contributed by atoms with Gasteiger partial charge in [0.15, 0.2) is 0 Å². The van der Waals surface area contributed by atoms with Crippen LogP contribution in [0.5, 0.6) is 5.75 Å². The van der Waals surface area contributed by atoms with Crippen LogP contribution in [0.2, 0.25) is 0 Å². The fourth-order valence-electron chi connectivity index (χ4n) is 1.73. The van der Waals surface area contributed by atoms with Crippen molar-refractivity contribution < 1.29 is 4.74 Å². The normalized spacial score (nSPS) is 9.47. The van der Waals surface area contributed by atoms with Crippen LogP contribution in [0.3, 0.4) is 0 Å². The molecule has 1 heteroatoms. The van der Waals surface area contributed by atoms with Crippen LogP contribution in [0.4, 0.5) is 0 Å². The molecule has 0 aliphatic carbocycles. The predicted molar refractivity (Wildman–Crippen MR) is 71.1 cm³/mol. The fraction of sp³-hybridized carbons (Fsp3) is 0.0625. The van der Waals surface area contributed by atoms with Gasteiger partial charge in [-0.25, -0.2) is 0 Å². The molecule has 0 spiro atoms. The predicted octanol–water partition coefficient (Wildman–Crippen LogP) is 3.91. The van der Waals surface area contributed by atoms with Crippen molar-refractivity contribution in [2.24, 2.45) is 0 Å². The summed E-state index contributed by atoms with van der Waals surface area (Å²) in [7, 11) is 1.66. The van der Waals surface area contributed by atoms with Gasteiger partial charge in [0.1, 0.15) is 5.75 Å². The number of benzene rings is 2. The zero-order valence-electron chi connectivity index (χ0n) is 9.81. The lowest BCUT2D eigenvalue weighted by atomic mass is 9.99. The van der Waals surface area contributed by atoms with Crippen LogP contribution in [0.25, 0.3) is 5.57 Å². The summed E-state index contributed by atoms with van der Waals surface area (Å²) >= 11 is 0. The Bertz CT molecular complexity index is 531. The molecule has 0 N–H and O–H groups in total. The van der Waals surface area contributed by atoms with Crippen molar-refractivity contribution in [1.29, 1.82) is 0 Å². The lowest BCUT2D eigenvalue weighted by molar-refractivity contribution is 0.415. The van der Waals surface area contributed by atoms with Gasteiger partial charge >= 0.3 is 0 Å². The van der Waals surface area contributed by atoms with Crippen LogP contribution in [0, 0.1) is 0 Å². The van der Waals surface area contributed by atoms with Gasteiger partial charge < -0.3 is 4.74 Å². The van der Waals surface area contributed by atoms with Gasteiger partial charge in [0, 0.05) is 5.57 Å². The molecule has 2 rings (SSSR count). The van der Waals surface area contributed by atoms with Crippen LogP contribution in [-0.4, -0.2) is 7.11 Å². The summed E-state index contributed by atoms with van der Waals surface area (Å²) in [5.74, 6) is 0.852. The maximum Gasteiger partial charge on any atom is 0.118 e. The number of hydrogen-bond acceptors (Lipinski definition) is 1. The molecule has 0 bridgehead atoms. The Kier molecular flexibility index (Phi) is 3.44. The molecule has 2 aromatic rings. The van der Waals surface area contributed by atoms with Crippen LogP contribution in [-0.2, 0) is 0 Å². The second-order valence-electron chi connectivity index (χ2n) is 3.65. The Labute approximate surface area is 102 Å². The summed E-state index contributed by atoms with van der Waals surface area (Å²) in [4.78, 5) is 0. The number of methoxy groups -OCH3 is 1. The molecular weight excluding hydrogens is 208 g/mol. The summed E-state index contributed by atoms with van der Waals surface area (Å²) in [6.45, 7) is 3.76. The van der Waals surface area contributed by atoms with Gasteiger partial charge in [-0.15, -0.1) is 5.73 Å². The minimum absolute atomic E-state index is 0.852. The van der Waals surface area contributed by atoms with Crippen molar-refractivity contribution in [2.75, 3.05) is 7.11 Å². The van der Waals surface area contributed by atoms with E-state index in [1.807, 2.05) is 42.5 Å². The Morgan fingerprint density at radius 2 is 1.53 bits per heavy atom. The molecule has 0 radical (unpaired) electrons. The van der Waals surface area contributed by atoms with Gasteiger partial charge in [-0.3, -0.25) is 0 Å². The summed E-state index contributed by atoms with van der Waals surface area (Å²) < 4.78 is 5.14. The highest BCUT2D eigenvalue weighted by Crippen LogP contribution is 2.23. The molecule has 2 aromatic carbocycles. The Hall–Kier alpha value is -2.24. The van der Waals surface area contributed by atoms with Crippen molar-refractivity contribution in [1.82, 2.24) is 0 Å². The van der Waals surface area contributed by atoms with E-state index < -0.39 is 0 Å². The molecule has 1 nitrogen and oxygen atoms in total. The molecule has 84 valence electrons. The zero-order chi connectivity index (χ0) is 12.1. The van der Waals surface area contributed by atoms with Crippen molar-refractivity contribution in [3.63, 3.8) is 0 Å². The molecule has 0 aliphatic heterocycles. The van der Waals surface area contributed by atoms with Crippen LogP contribution < -0.4 is 4.74 Å². The lowest BCUT2D eigenvalue weighted by Crippen LogP contribution is -1.87. The average Bonchev–Trinajstić information content (AvgIpc) is 2.42. The molecule has 0 saturated heterocycles. The first-order valence-corrected chi connectivity index (χ1v) is 5.45. The summed E-state index contributed by atoms with van der Waals surface area (Å²) in [5, 5.41) is 0. The molecule has 0 heterocycles. The number of hydrogen-bond donors (Lipinski definition) is 0. The SMILES string of the molecule is C=C=C(c1ccccc1)c1ccc(OC)cc1. The van der Waals surface area contributed by atoms with Crippen LogP contribution in [0.15, 0.2) is 66.9 Å². The second-order valence-corrected chi connectivity index (χ2v) is 3.65. The summed E-state index contributed by atoms with van der Waals surface area (Å²) in [6, 6.07) is 18.0. The summed E-state index contributed by atoms with van der Waals surface area (Å²) in [5.41, 5.74) is 6.21. The van der Waals surface area contributed by atoms with E-state index in [1.54, 1.807) is 7.11 Å². The molecule has 0 aliphatic rings. The molecule has 0 amide bonds. The maximum atomic E-state index is 5.14. The maximum absolute atomic E-state index is 5.14. The lowest BCUT2D eigenvalue weighted by Gasteiger charge is -2.06. The van der Waals surface area contributed by atoms with Gasteiger partial charge in [-0.05, 0) is 23.3 Å². The van der Waals surface area contributed by atoms with Gasteiger partial charge in [0.05, 0.1) is 7.11 Å². The monoisotopic (exact) mass is 222 g/mol. The van der Waals surface area contributed by atoms with Crippen LogP contribution in [0.1, 0.15) is 11.1 Å². The smallest absolute Gasteiger partial charge is 0.118 e. The Balaban J connectivity index is 2.40. The fourth-order valence-corrected chi connectivity index (χ4v) is 1.73. The first-order valence-electron chi connectivity index (χ1n) is 5.45. The Morgan fingerprint density at radius 1 is 0.941 bits per heavy atom. The zero-order valence-corrected chi connectivity index (χ0v) is 9.81. The molecule has 0 unspecified atom stereocenters. The minimum atomic E-state index is 0.852. The second kappa shape index (κ2) is 5.20. The van der Waals surface area contributed by atoms with E-state index in [0.717, 1.165) is 22.4 Å². The topological polar surface area (TPSA) is 9.23 Å². The third-order valence-corrected chi connectivity index (χ3v) is 2.62. The number of rotatable bonds is 3. The summed E-state index contributed by atoms with van der Waals surface area (Å²) in [6.07, 6.45) is 0. The van der Waals surface area contributed by atoms with Crippen molar-refractivity contribution in [3.05, 3.63) is 78.0 Å². The Morgan fingerprint density at radius 3 is 2.06 bits per heavy atom. The third-order valence-electron chi connectivity index (χ3n) is 2.62. The van der Waals surface area contributed by atoms with E-state index in [4.69, 9.17) is 4.74 Å². The quantitative estimate of drug-likeness (QED) is 0.715. The molecule has 17 heavy (non-hydrogen) atoms. The molecule has 0 aromatic heterocycles. The van der Waals surface area contributed by atoms with Crippen molar-refractivity contribution >= 4 is 5.57 Å². The highest BCUT2D eigenvalue weighted by atomic mass is 16.5. The number of ether oxygens (including phenoxy) is 1. The van der Waals surface area contributed by atoms with E-state index in [9.17, 15) is 0 Å². The van der Waals surface area contributed by atoms with Crippen molar-refractivity contribution in [3.8, 4) is 5.75 Å². The van der Waals surface area contributed by atoms with E-state index in [2.05, 4.69) is 24.4 Å². The largest absolute Gasteiger partial charge is 0.497 e. The van der Waals surface area contributed by atoms with Crippen molar-refractivity contribution in [2.45, 2.75) is 0 Å². The van der Waals surface area contributed by atoms with Gasteiger partial charge in [0.25, 0.3) is 0 Å². The molecular formula is C16H14O. The average molecular weight is 222 g/mol. The first-order chi connectivity index (χ1) is 8.35. The first kappa shape index (κ1) is 11.3. The molecule has 0 atom stereocenters. The molecule has 0 saturated carbocycles. The molecule has 0 fully saturated rings. The van der Waals surface area contributed by atoms with E-state index in [-0.39, 0.29) is 0 Å². The standard InChI is InChI=1S/C16H14O/c1-3-16(13-7-5-4-6-8-13)14-9-11-15(17-2)12-10-14/h4-12H,1H2,2H3.